The number of hydrogen-bond acceptors (Lipinski definition) is 6. The van der Waals surface area contributed by atoms with Gasteiger partial charge in [-0.2, -0.15) is 10.2 Å². The highest BCUT2D eigenvalue weighted by molar-refractivity contribution is 6.74. The summed E-state index contributed by atoms with van der Waals surface area (Å²) < 4.78 is 17.3. The van der Waals surface area contributed by atoms with Gasteiger partial charge in [-0.25, -0.2) is 0 Å². The van der Waals surface area contributed by atoms with Crippen LogP contribution in [0.3, 0.4) is 0 Å². The van der Waals surface area contributed by atoms with E-state index in [-0.39, 0.29) is 11.6 Å². The predicted octanol–water partition coefficient (Wildman–Crippen LogP) is 4.57. The minimum absolute atomic E-state index is 0.197. The molecule has 0 amide bonds. The van der Waals surface area contributed by atoms with Gasteiger partial charge in [0.25, 0.3) is 5.89 Å². The Kier molecular flexibility index (Phi) is 5.64. The molecule has 1 aliphatic carbocycles. The van der Waals surface area contributed by atoms with Gasteiger partial charge < -0.3 is 13.7 Å². The van der Waals surface area contributed by atoms with Gasteiger partial charge in [0, 0.05) is 6.61 Å². The lowest BCUT2D eigenvalue weighted by molar-refractivity contribution is 0.232. The van der Waals surface area contributed by atoms with Crippen molar-refractivity contribution in [3.05, 3.63) is 40.5 Å². The van der Waals surface area contributed by atoms with E-state index in [9.17, 15) is 5.26 Å². The molecule has 1 atom stereocenters. The first-order valence-corrected chi connectivity index (χ1v) is 12.6. The summed E-state index contributed by atoms with van der Waals surface area (Å²) in [5.74, 6) is 2.08. The fourth-order valence-corrected chi connectivity index (χ4v) is 4.27. The average Bonchev–Trinajstić information content (AvgIpc) is 3.22. The molecule has 1 aromatic heterocycles. The van der Waals surface area contributed by atoms with Gasteiger partial charge in [-0.3, -0.25) is 0 Å². The van der Waals surface area contributed by atoms with Crippen LogP contribution in [0.1, 0.15) is 49.2 Å². The Labute approximate surface area is 168 Å². The van der Waals surface area contributed by atoms with Crippen molar-refractivity contribution in [3.8, 4) is 11.8 Å². The maximum Gasteiger partial charge on any atom is 0.264 e. The average molecular weight is 400 g/mol. The fraction of sp³-hybridized carbons (Fsp3) is 0.571. The van der Waals surface area contributed by atoms with E-state index in [1.807, 2.05) is 6.07 Å². The second kappa shape index (κ2) is 7.68. The van der Waals surface area contributed by atoms with Crippen LogP contribution in [0.15, 0.2) is 16.7 Å². The summed E-state index contributed by atoms with van der Waals surface area (Å²) in [7, 11) is -1.77. The Morgan fingerprint density at radius 1 is 1.29 bits per heavy atom. The van der Waals surface area contributed by atoms with Crippen molar-refractivity contribution in [3.63, 3.8) is 0 Å². The molecule has 6 nitrogen and oxygen atoms in total. The molecule has 7 heteroatoms. The summed E-state index contributed by atoms with van der Waals surface area (Å²) in [6.07, 6.45) is 1.80. The second-order valence-corrected chi connectivity index (χ2v) is 13.9. The predicted molar refractivity (Wildman–Crippen MR) is 109 cm³/mol. The van der Waals surface area contributed by atoms with Gasteiger partial charge >= 0.3 is 0 Å². The normalized spacial score (nSPS) is 16.7. The minimum Gasteiger partial charge on any atom is -0.484 e. The minimum atomic E-state index is -1.77. The Balaban J connectivity index is 1.68. The Bertz CT molecular complexity index is 893. The Morgan fingerprint density at radius 2 is 2.04 bits per heavy atom. The van der Waals surface area contributed by atoms with E-state index >= 15 is 0 Å². The summed E-state index contributed by atoms with van der Waals surface area (Å²) in [6.45, 7) is 14.0. The molecular formula is C21H29N3O3Si. The lowest BCUT2D eigenvalue weighted by Crippen LogP contribution is -2.42. The quantitative estimate of drug-likeness (QED) is 0.662. The van der Waals surface area contributed by atoms with Gasteiger partial charge in [0.1, 0.15) is 5.75 Å². The van der Waals surface area contributed by atoms with E-state index in [1.165, 1.54) is 5.56 Å². The van der Waals surface area contributed by atoms with Crippen molar-refractivity contribution in [1.82, 2.24) is 10.1 Å². The molecule has 1 unspecified atom stereocenters. The van der Waals surface area contributed by atoms with Crippen LogP contribution in [-0.2, 0) is 23.9 Å². The number of nitrogens with zero attached hydrogens (tertiary/aromatic N) is 3. The van der Waals surface area contributed by atoms with Crippen LogP contribution < -0.4 is 4.74 Å². The summed E-state index contributed by atoms with van der Waals surface area (Å²) in [6, 6.07) is 6.16. The number of aryl methyl sites for hydroxylation is 1. The van der Waals surface area contributed by atoms with Crippen LogP contribution in [-0.4, -0.2) is 25.1 Å². The number of ether oxygens (including phenoxy) is 1. The highest BCUT2D eigenvalue weighted by Crippen LogP contribution is 2.38. The zero-order chi connectivity index (χ0) is 20.5. The third-order valence-electron chi connectivity index (χ3n) is 5.86. The van der Waals surface area contributed by atoms with E-state index < -0.39 is 8.32 Å². The largest absolute Gasteiger partial charge is 0.484 e. The molecule has 0 N–H and O–H groups in total. The molecule has 1 heterocycles. The van der Waals surface area contributed by atoms with E-state index in [2.05, 4.69) is 50.1 Å². The van der Waals surface area contributed by atoms with Gasteiger partial charge in [-0.1, -0.05) is 25.9 Å². The van der Waals surface area contributed by atoms with Crippen molar-refractivity contribution in [2.75, 3.05) is 6.61 Å². The van der Waals surface area contributed by atoms with E-state index in [0.29, 0.717) is 28.9 Å². The van der Waals surface area contributed by atoms with Crippen molar-refractivity contribution in [2.24, 2.45) is 5.92 Å². The monoisotopic (exact) mass is 399 g/mol. The van der Waals surface area contributed by atoms with Crippen LogP contribution in [0, 0.1) is 24.2 Å². The Hall–Kier alpha value is -2.17. The molecule has 0 spiro atoms. The SMILES string of the molecule is Cc1noc(COc2cc(C#N)c3c(c2)CC(CO[Si](C)(C)C(C)(C)C)C3)n1. The molecule has 0 fully saturated rings. The lowest BCUT2D eigenvalue weighted by atomic mass is 10.0. The molecule has 28 heavy (non-hydrogen) atoms. The van der Waals surface area contributed by atoms with Crippen molar-refractivity contribution >= 4 is 8.32 Å². The number of aromatic nitrogens is 2. The molecule has 1 aromatic carbocycles. The molecule has 2 aromatic rings. The van der Waals surface area contributed by atoms with Crippen LogP contribution >= 0.6 is 0 Å². The second-order valence-electron chi connectivity index (χ2n) is 9.09. The maximum atomic E-state index is 9.60. The molecule has 3 rings (SSSR count). The van der Waals surface area contributed by atoms with Gasteiger partial charge in [0.2, 0.25) is 0 Å². The summed E-state index contributed by atoms with van der Waals surface area (Å²) in [4.78, 5) is 4.14. The van der Waals surface area contributed by atoms with Crippen LogP contribution in [0.25, 0.3) is 0 Å². The number of fused-ring (bicyclic) bond motifs is 1. The third kappa shape index (κ3) is 4.45. The number of benzene rings is 1. The molecule has 0 aliphatic heterocycles. The molecule has 150 valence electrons. The molecule has 1 aliphatic rings. The number of hydrogen-bond donors (Lipinski definition) is 0. The first kappa shape index (κ1) is 20.6. The highest BCUT2D eigenvalue weighted by atomic mass is 28.4. The molecule has 0 saturated carbocycles. The summed E-state index contributed by atoms with van der Waals surface area (Å²) in [5.41, 5.74) is 3.00. The Morgan fingerprint density at radius 3 is 2.64 bits per heavy atom. The zero-order valence-electron chi connectivity index (χ0n) is 17.6. The molecular weight excluding hydrogens is 370 g/mol. The fourth-order valence-electron chi connectivity index (χ4n) is 3.19. The van der Waals surface area contributed by atoms with Gasteiger partial charge in [-0.05, 0) is 67.1 Å². The first-order valence-electron chi connectivity index (χ1n) is 9.71. The van der Waals surface area contributed by atoms with Crippen molar-refractivity contribution in [1.29, 1.82) is 5.26 Å². The molecule has 0 radical (unpaired) electrons. The van der Waals surface area contributed by atoms with Crippen molar-refractivity contribution in [2.45, 2.75) is 65.3 Å². The number of rotatable bonds is 6. The van der Waals surface area contributed by atoms with Crippen molar-refractivity contribution < 1.29 is 13.7 Å². The number of nitriles is 1. The van der Waals surface area contributed by atoms with Crippen LogP contribution in [0.2, 0.25) is 18.1 Å². The summed E-state index contributed by atoms with van der Waals surface area (Å²) >= 11 is 0. The highest BCUT2D eigenvalue weighted by Gasteiger charge is 2.38. The topological polar surface area (TPSA) is 81.2 Å². The van der Waals surface area contributed by atoms with Gasteiger partial charge in [-0.15, -0.1) is 0 Å². The van der Waals surface area contributed by atoms with Gasteiger partial charge in [0.15, 0.2) is 20.7 Å². The first-order chi connectivity index (χ1) is 13.1. The van der Waals surface area contributed by atoms with Crippen LogP contribution in [0.4, 0.5) is 0 Å². The smallest absolute Gasteiger partial charge is 0.264 e. The zero-order valence-corrected chi connectivity index (χ0v) is 18.6. The van der Waals surface area contributed by atoms with E-state index in [1.54, 1.807) is 13.0 Å². The molecule has 0 bridgehead atoms. The summed E-state index contributed by atoms with van der Waals surface area (Å²) in [5, 5.41) is 13.6. The van der Waals surface area contributed by atoms with Crippen LogP contribution in [0.5, 0.6) is 5.75 Å². The standard InChI is InChI=1S/C21H29N3O3Si/c1-14-23-20(27-24-14)13-25-18-9-16-7-15(8-19(16)17(10-18)11-22)12-26-28(5,6)21(2,3)4/h9-10,15H,7-8,12-13H2,1-6H3. The lowest BCUT2D eigenvalue weighted by Gasteiger charge is -2.37. The third-order valence-corrected chi connectivity index (χ3v) is 10.4. The van der Waals surface area contributed by atoms with E-state index in [0.717, 1.165) is 25.0 Å². The van der Waals surface area contributed by atoms with Gasteiger partial charge in [0.05, 0.1) is 11.6 Å². The van der Waals surface area contributed by atoms with E-state index in [4.69, 9.17) is 13.7 Å². The maximum absolute atomic E-state index is 9.60. The molecule has 0 saturated heterocycles.